The fourth-order valence-electron chi connectivity index (χ4n) is 3.97. The van der Waals surface area contributed by atoms with Crippen molar-refractivity contribution < 1.29 is 14.3 Å². The van der Waals surface area contributed by atoms with Crippen molar-refractivity contribution in [2.75, 3.05) is 19.8 Å². The van der Waals surface area contributed by atoms with E-state index >= 15 is 0 Å². The van der Waals surface area contributed by atoms with E-state index in [-0.39, 0.29) is 5.91 Å². The van der Waals surface area contributed by atoms with Crippen molar-refractivity contribution in [1.29, 1.82) is 0 Å². The van der Waals surface area contributed by atoms with Crippen LogP contribution < -0.4 is 14.8 Å². The maximum Gasteiger partial charge on any atom is 0.263 e. The van der Waals surface area contributed by atoms with Crippen LogP contribution >= 0.6 is 11.3 Å². The number of ether oxygens (including phenoxy) is 2. The summed E-state index contributed by atoms with van der Waals surface area (Å²) in [5.41, 5.74) is 4.16. The van der Waals surface area contributed by atoms with Gasteiger partial charge in [-0.15, -0.1) is 11.3 Å². The Bertz CT molecular complexity index is 1260. The van der Waals surface area contributed by atoms with Gasteiger partial charge in [0.1, 0.15) is 9.71 Å². The normalized spacial score (nSPS) is 11.0. The zero-order chi connectivity index (χ0) is 23.4. The molecule has 1 amide bonds. The Hall–Kier alpha value is -3.32. The molecule has 0 saturated heterocycles. The monoisotopic (exact) mass is 463 g/mol. The van der Waals surface area contributed by atoms with Crippen molar-refractivity contribution in [3.8, 4) is 17.2 Å². The molecule has 4 rings (SSSR count). The molecule has 0 aliphatic carbocycles. The molecule has 1 N–H and O–H groups in total. The van der Waals surface area contributed by atoms with Crippen LogP contribution in [0.5, 0.6) is 11.5 Å². The molecule has 1 aromatic carbocycles. The minimum atomic E-state index is -0.0866. The molecule has 3 heterocycles. The van der Waals surface area contributed by atoms with Crippen LogP contribution in [0.25, 0.3) is 15.9 Å². The highest BCUT2D eigenvalue weighted by atomic mass is 32.1. The Morgan fingerprint density at radius 1 is 1.03 bits per heavy atom. The van der Waals surface area contributed by atoms with E-state index in [1.54, 1.807) is 6.20 Å². The number of fused-ring (bicyclic) bond motifs is 1. The second-order valence-corrected chi connectivity index (χ2v) is 8.74. The van der Waals surface area contributed by atoms with E-state index in [1.165, 1.54) is 11.3 Å². The van der Waals surface area contributed by atoms with Crippen LogP contribution in [0.4, 0.5) is 0 Å². The van der Waals surface area contributed by atoms with Gasteiger partial charge >= 0.3 is 0 Å². The first-order valence-electron chi connectivity index (χ1n) is 11.2. The summed E-state index contributed by atoms with van der Waals surface area (Å²) >= 11 is 1.43. The van der Waals surface area contributed by atoms with Gasteiger partial charge in [0, 0.05) is 29.5 Å². The van der Waals surface area contributed by atoms with Gasteiger partial charge in [0.05, 0.1) is 18.9 Å². The van der Waals surface area contributed by atoms with Gasteiger partial charge in [-0.05, 0) is 76.1 Å². The second kappa shape index (κ2) is 10.1. The molecule has 6 nitrogen and oxygen atoms in total. The lowest BCUT2D eigenvalue weighted by atomic mass is 10.1. The number of amides is 1. The molecule has 0 bridgehead atoms. The smallest absolute Gasteiger partial charge is 0.263 e. The van der Waals surface area contributed by atoms with Crippen LogP contribution in [-0.4, -0.2) is 35.2 Å². The van der Waals surface area contributed by atoms with E-state index in [9.17, 15) is 4.79 Å². The topological polar surface area (TPSA) is 65.4 Å². The highest BCUT2D eigenvalue weighted by Crippen LogP contribution is 2.35. The highest BCUT2D eigenvalue weighted by molar-refractivity contribution is 7.21. The molecule has 0 radical (unpaired) electrons. The number of aromatic nitrogens is 2. The highest BCUT2D eigenvalue weighted by Gasteiger charge is 2.22. The van der Waals surface area contributed by atoms with Gasteiger partial charge in [-0.1, -0.05) is 6.07 Å². The van der Waals surface area contributed by atoms with E-state index in [0.717, 1.165) is 44.4 Å². The third-order valence-electron chi connectivity index (χ3n) is 5.45. The maximum atomic E-state index is 13.3. The molecule has 172 valence electrons. The van der Waals surface area contributed by atoms with Crippen LogP contribution in [0.15, 0.2) is 48.7 Å². The lowest BCUT2D eigenvalue weighted by Crippen LogP contribution is -2.26. The Balaban J connectivity index is 1.55. The molecular weight excluding hydrogens is 434 g/mol. The van der Waals surface area contributed by atoms with Gasteiger partial charge in [0.25, 0.3) is 5.91 Å². The number of pyridine rings is 1. The van der Waals surface area contributed by atoms with Gasteiger partial charge in [-0.25, -0.2) is 4.98 Å². The van der Waals surface area contributed by atoms with Gasteiger partial charge in [0.15, 0.2) is 11.5 Å². The Kier molecular flexibility index (Phi) is 6.99. The lowest BCUT2D eigenvalue weighted by molar-refractivity contribution is 0.0958. The minimum Gasteiger partial charge on any atom is -0.490 e. The molecular formula is C26H29N3O3S. The number of thiophene rings is 1. The van der Waals surface area contributed by atoms with Gasteiger partial charge in [-0.3, -0.25) is 4.79 Å². The van der Waals surface area contributed by atoms with Gasteiger partial charge in [-0.2, -0.15) is 0 Å². The minimum absolute atomic E-state index is 0.0866. The third-order valence-corrected chi connectivity index (χ3v) is 6.55. The molecule has 0 spiro atoms. The summed E-state index contributed by atoms with van der Waals surface area (Å²) < 4.78 is 13.5. The van der Waals surface area contributed by atoms with Crippen molar-refractivity contribution in [3.05, 3.63) is 70.5 Å². The first-order chi connectivity index (χ1) is 16.0. The van der Waals surface area contributed by atoms with E-state index in [0.29, 0.717) is 31.1 Å². The van der Waals surface area contributed by atoms with Crippen LogP contribution in [-0.2, 0) is 6.42 Å². The van der Waals surface area contributed by atoms with Crippen molar-refractivity contribution in [1.82, 2.24) is 14.9 Å². The molecule has 0 fully saturated rings. The number of hydrogen-bond acceptors (Lipinski definition) is 5. The number of aryl methyl sites for hydroxylation is 2. The average Bonchev–Trinajstić information content (AvgIpc) is 3.34. The van der Waals surface area contributed by atoms with E-state index in [4.69, 9.17) is 9.47 Å². The first-order valence-corrected chi connectivity index (χ1v) is 12.0. The summed E-state index contributed by atoms with van der Waals surface area (Å²) in [5, 5.41) is 4.09. The number of nitrogens with zero attached hydrogens (tertiary/aromatic N) is 2. The zero-order valence-electron chi connectivity index (χ0n) is 19.5. The van der Waals surface area contributed by atoms with Crippen LogP contribution in [0.3, 0.4) is 0 Å². The molecule has 33 heavy (non-hydrogen) atoms. The van der Waals surface area contributed by atoms with E-state index < -0.39 is 0 Å². The van der Waals surface area contributed by atoms with E-state index in [1.807, 2.05) is 44.2 Å². The second-order valence-electron chi connectivity index (χ2n) is 7.74. The van der Waals surface area contributed by atoms with Crippen molar-refractivity contribution in [3.63, 3.8) is 0 Å². The number of carbonyl (C=O) groups excluding carboxylic acids is 1. The zero-order valence-corrected chi connectivity index (χ0v) is 20.3. The summed E-state index contributed by atoms with van der Waals surface area (Å²) in [6.45, 7) is 9.68. The van der Waals surface area contributed by atoms with Crippen molar-refractivity contribution in [2.24, 2.45) is 0 Å². The number of benzene rings is 1. The van der Waals surface area contributed by atoms with Crippen LogP contribution in [0, 0.1) is 13.8 Å². The quantitative estimate of drug-likeness (QED) is 0.357. The third kappa shape index (κ3) is 4.73. The Labute approximate surface area is 198 Å². The Morgan fingerprint density at radius 3 is 2.48 bits per heavy atom. The van der Waals surface area contributed by atoms with Crippen molar-refractivity contribution in [2.45, 2.75) is 34.1 Å². The maximum absolute atomic E-state index is 13.3. The number of carbonyl (C=O) groups is 1. The lowest BCUT2D eigenvalue weighted by Gasteiger charge is -2.13. The standard InChI is InChI=1S/C26H29N3O3S/c1-5-31-21-12-11-19(16-22(21)32-6-2)13-15-27-25(30)24-23(29-17(3)9-10-18(29)4)20-8-7-14-28-26(20)33-24/h7-12,14,16H,5-6,13,15H2,1-4H3,(H,27,30). The molecule has 0 aliphatic rings. The van der Waals surface area contributed by atoms with Gasteiger partial charge in [0.2, 0.25) is 0 Å². The van der Waals surface area contributed by atoms with Crippen molar-refractivity contribution >= 4 is 27.5 Å². The van der Waals surface area contributed by atoms with Crippen LogP contribution in [0.2, 0.25) is 0 Å². The molecule has 3 aromatic heterocycles. The summed E-state index contributed by atoms with van der Waals surface area (Å²) in [7, 11) is 0. The number of nitrogens with one attached hydrogen (secondary N) is 1. The predicted molar refractivity (Wildman–Crippen MR) is 133 cm³/mol. The summed E-state index contributed by atoms with van der Waals surface area (Å²) in [6, 6.07) is 14.0. The fraction of sp³-hybridized carbons (Fsp3) is 0.308. The number of rotatable bonds is 9. The first kappa shape index (κ1) is 22.9. The molecule has 4 aromatic rings. The molecule has 0 saturated carbocycles. The summed E-state index contributed by atoms with van der Waals surface area (Å²) in [4.78, 5) is 19.3. The molecule has 0 unspecified atom stereocenters. The molecule has 7 heteroatoms. The summed E-state index contributed by atoms with van der Waals surface area (Å²) in [5.74, 6) is 1.39. The fourth-order valence-corrected chi connectivity index (χ4v) is 5.01. The summed E-state index contributed by atoms with van der Waals surface area (Å²) in [6.07, 6.45) is 2.46. The average molecular weight is 464 g/mol. The molecule has 0 aliphatic heterocycles. The number of hydrogen-bond donors (Lipinski definition) is 1. The predicted octanol–water partition coefficient (Wildman–Crippen LogP) is 5.47. The molecule has 0 atom stereocenters. The SMILES string of the molecule is CCOc1ccc(CCNC(=O)c2sc3ncccc3c2-n2c(C)ccc2C)cc1OCC. The van der Waals surface area contributed by atoms with Gasteiger partial charge < -0.3 is 19.4 Å². The Morgan fingerprint density at radius 2 is 1.76 bits per heavy atom. The van der Waals surface area contributed by atoms with Crippen LogP contribution in [0.1, 0.15) is 40.5 Å². The van der Waals surface area contributed by atoms with E-state index in [2.05, 4.69) is 40.8 Å². The largest absolute Gasteiger partial charge is 0.490 e.